The first-order valence-corrected chi connectivity index (χ1v) is 11.0. The van der Waals surface area contributed by atoms with E-state index in [-0.39, 0.29) is 23.3 Å². The molecule has 1 aliphatic rings. The number of carbonyl (C=O) groups excluding carboxylic acids is 1. The number of sulfonamides is 1. The first-order chi connectivity index (χ1) is 13.3. The van der Waals surface area contributed by atoms with Crippen LogP contribution in [0.25, 0.3) is 0 Å². The second kappa shape index (κ2) is 9.88. The molecule has 1 unspecified atom stereocenters. The molecular formula is C19H31N5O3S. The lowest BCUT2D eigenvalue weighted by molar-refractivity contribution is -0.119. The maximum atomic E-state index is 12.6. The summed E-state index contributed by atoms with van der Waals surface area (Å²) in [6, 6.07) is 6.93. The topological polar surface area (TPSA) is 108 Å². The van der Waals surface area contributed by atoms with Crippen LogP contribution in [0.1, 0.15) is 31.7 Å². The molecule has 1 amide bonds. The number of hydrogen-bond acceptors (Lipinski definition) is 4. The summed E-state index contributed by atoms with van der Waals surface area (Å²) in [5, 5.41) is 3.28. The van der Waals surface area contributed by atoms with Crippen molar-refractivity contribution < 1.29 is 13.2 Å². The fraction of sp³-hybridized carbons (Fsp3) is 0.579. The fourth-order valence-corrected chi connectivity index (χ4v) is 4.49. The molecule has 1 heterocycles. The largest absolute Gasteiger partial charge is 0.370 e. The van der Waals surface area contributed by atoms with Crippen molar-refractivity contribution in [3.8, 4) is 0 Å². The predicted octanol–water partition coefficient (Wildman–Crippen LogP) is 0.990. The fourth-order valence-electron chi connectivity index (χ4n) is 3.38. The molecule has 0 aliphatic carbocycles. The number of primary amides is 1. The van der Waals surface area contributed by atoms with E-state index >= 15 is 0 Å². The molecule has 3 N–H and O–H groups in total. The van der Waals surface area contributed by atoms with Crippen LogP contribution in [-0.4, -0.2) is 63.2 Å². The zero-order chi connectivity index (χ0) is 20.7. The number of hydrogen-bond donors (Lipinski definition) is 2. The molecule has 9 heteroatoms. The lowest BCUT2D eigenvalue weighted by Gasteiger charge is -2.34. The molecule has 0 aromatic heterocycles. The molecule has 1 aliphatic heterocycles. The van der Waals surface area contributed by atoms with Crippen LogP contribution in [0.4, 0.5) is 0 Å². The summed E-state index contributed by atoms with van der Waals surface area (Å²) < 4.78 is 26.4. The van der Waals surface area contributed by atoms with Gasteiger partial charge in [0.15, 0.2) is 5.96 Å². The Hall–Kier alpha value is -2.13. The number of nitrogens with one attached hydrogen (secondary N) is 1. The van der Waals surface area contributed by atoms with E-state index in [2.05, 4.69) is 15.2 Å². The maximum absolute atomic E-state index is 12.6. The van der Waals surface area contributed by atoms with Crippen molar-refractivity contribution in [1.29, 1.82) is 0 Å². The van der Waals surface area contributed by atoms with Crippen LogP contribution in [0.2, 0.25) is 0 Å². The number of carbonyl (C=O) groups is 1. The monoisotopic (exact) mass is 409 g/mol. The summed E-state index contributed by atoms with van der Waals surface area (Å²) in [5.74, 6) is 0.668. The van der Waals surface area contributed by atoms with Crippen molar-refractivity contribution >= 4 is 21.9 Å². The number of nitrogens with two attached hydrogens (primary N) is 1. The number of piperidine rings is 1. The van der Waals surface area contributed by atoms with Gasteiger partial charge >= 0.3 is 0 Å². The van der Waals surface area contributed by atoms with Crippen LogP contribution < -0.4 is 11.1 Å². The first-order valence-electron chi connectivity index (χ1n) is 9.57. The Bertz CT molecular complexity index is 808. The highest BCUT2D eigenvalue weighted by Crippen LogP contribution is 2.21. The number of amides is 1. The number of aliphatic imine (C=N–C) groups is 1. The Labute approximate surface area is 167 Å². The Balaban J connectivity index is 2.23. The van der Waals surface area contributed by atoms with Crippen LogP contribution >= 0.6 is 0 Å². The van der Waals surface area contributed by atoms with E-state index in [1.54, 1.807) is 18.2 Å². The molecule has 1 saturated heterocycles. The van der Waals surface area contributed by atoms with Crippen molar-refractivity contribution in [3.63, 3.8) is 0 Å². The number of guanidine groups is 1. The molecule has 28 heavy (non-hydrogen) atoms. The van der Waals surface area contributed by atoms with Crippen LogP contribution in [0.3, 0.4) is 0 Å². The van der Waals surface area contributed by atoms with Gasteiger partial charge in [0.05, 0.1) is 11.4 Å². The molecular weight excluding hydrogens is 378 g/mol. The van der Waals surface area contributed by atoms with Crippen molar-refractivity contribution in [2.45, 2.75) is 37.6 Å². The van der Waals surface area contributed by atoms with E-state index in [0.717, 1.165) is 25.3 Å². The summed E-state index contributed by atoms with van der Waals surface area (Å²) in [5.41, 5.74) is 6.01. The second-order valence-corrected chi connectivity index (χ2v) is 9.31. The molecule has 8 nitrogen and oxygen atoms in total. The second-order valence-electron chi connectivity index (χ2n) is 7.19. The lowest BCUT2D eigenvalue weighted by atomic mass is 9.95. The molecule has 0 spiro atoms. The van der Waals surface area contributed by atoms with Gasteiger partial charge in [-0.3, -0.25) is 4.79 Å². The number of benzene rings is 1. The minimum Gasteiger partial charge on any atom is -0.370 e. The van der Waals surface area contributed by atoms with E-state index in [9.17, 15) is 13.2 Å². The molecule has 2 rings (SSSR count). The van der Waals surface area contributed by atoms with Crippen molar-refractivity contribution in [1.82, 2.24) is 14.5 Å². The van der Waals surface area contributed by atoms with Gasteiger partial charge in [-0.1, -0.05) is 18.2 Å². The van der Waals surface area contributed by atoms with Gasteiger partial charge in [0.25, 0.3) is 0 Å². The van der Waals surface area contributed by atoms with Crippen LogP contribution in [0, 0.1) is 5.92 Å². The lowest BCUT2D eigenvalue weighted by Crippen LogP contribution is -2.47. The Kier molecular flexibility index (Phi) is 7.82. The minimum atomic E-state index is -3.54. The van der Waals surface area contributed by atoms with Gasteiger partial charge in [0.2, 0.25) is 15.9 Å². The van der Waals surface area contributed by atoms with Crippen molar-refractivity contribution in [3.05, 3.63) is 29.8 Å². The quantitative estimate of drug-likeness (QED) is 0.516. The van der Waals surface area contributed by atoms with E-state index < -0.39 is 10.0 Å². The average Bonchev–Trinajstić information content (AvgIpc) is 2.65. The minimum absolute atomic E-state index is 0.219. The van der Waals surface area contributed by atoms with Crippen molar-refractivity contribution in [2.24, 2.45) is 16.6 Å². The summed E-state index contributed by atoms with van der Waals surface area (Å²) in [4.78, 5) is 18.3. The van der Waals surface area contributed by atoms with Gasteiger partial charge in [0, 0.05) is 40.2 Å². The summed E-state index contributed by atoms with van der Waals surface area (Å²) >= 11 is 0. The van der Waals surface area contributed by atoms with E-state index in [1.807, 2.05) is 13.0 Å². The first kappa shape index (κ1) is 22.2. The number of rotatable bonds is 7. The molecule has 1 aromatic rings. The van der Waals surface area contributed by atoms with Crippen LogP contribution in [0.5, 0.6) is 0 Å². The Morgan fingerprint density at radius 2 is 2.07 bits per heavy atom. The maximum Gasteiger partial charge on any atom is 0.242 e. The van der Waals surface area contributed by atoms with Crippen molar-refractivity contribution in [2.75, 3.05) is 33.7 Å². The summed E-state index contributed by atoms with van der Waals surface area (Å²) in [6.07, 6.45) is 2.32. The third-order valence-electron chi connectivity index (χ3n) is 4.77. The van der Waals surface area contributed by atoms with Gasteiger partial charge in [-0.25, -0.2) is 17.7 Å². The zero-order valence-corrected chi connectivity index (χ0v) is 17.7. The summed E-state index contributed by atoms with van der Waals surface area (Å²) in [6.45, 7) is 4.51. The number of likely N-dealkylation sites (tertiary alicyclic amines) is 1. The molecule has 0 bridgehead atoms. The third kappa shape index (κ3) is 5.68. The molecule has 0 saturated carbocycles. The Morgan fingerprint density at radius 1 is 1.36 bits per heavy atom. The standard InChI is InChI=1S/C19H31N5O3S/c1-4-21-19(24-11-7-8-15(14-24)12-18(20)25)22-13-16-9-5-6-10-17(16)28(26,27)23(2)3/h5-6,9-10,15H,4,7-8,11-14H2,1-3H3,(H2,20,25)(H,21,22). The van der Waals surface area contributed by atoms with E-state index in [4.69, 9.17) is 5.73 Å². The van der Waals surface area contributed by atoms with Gasteiger partial charge in [-0.05, 0) is 37.3 Å². The molecule has 0 radical (unpaired) electrons. The molecule has 1 fully saturated rings. The predicted molar refractivity (Wildman–Crippen MR) is 110 cm³/mol. The summed E-state index contributed by atoms with van der Waals surface area (Å²) in [7, 11) is -0.496. The normalized spacial score (nSPS) is 18.4. The molecule has 1 atom stereocenters. The van der Waals surface area contributed by atoms with Crippen LogP contribution in [0.15, 0.2) is 34.2 Å². The van der Waals surface area contributed by atoms with Gasteiger partial charge in [-0.15, -0.1) is 0 Å². The smallest absolute Gasteiger partial charge is 0.242 e. The van der Waals surface area contributed by atoms with Gasteiger partial charge < -0.3 is 16.0 Å². The highest BCUT2D eigenvalue weighted by molar-refractivity contribution is 7.89. The molecule has 1 aromatic carbocycles. The molecule has 156 valence electrons. The average molecular weight is 410 g/mol. The zero-order valence-electron chi connectivity index (χ0n) is 16.9. The van der Waals surface area contributed by atoms with Gasteiger partial charge in [0.1, 0.15) is 0 Å². The Morgan fingerprint density at radius 3 is 2.71 bits per heavy atom. The SMILES string of the molecule is CCNC(=NCc1ccccc1S(=O)(=O)N(C)C)N1CCCC(CC(N)=O)C1. The third-order valence-corrected chi connectivity index (χ3v) is 6.69. The number of nitrogens with zero attached hydrogens (tertiary/aromatic N) is 3. The van der Waals surface area contributed by atoms with Crippen LogP contribution in [-0.2, 0) is 21.4 Å². The van der Waals surface area contributed by atoms with E-state index in [1.165, 1.54) is 18.4 Å². The highest BCUT2D eigenvalue weighted by atomic mass is 32.2. The highest BCUT2D eigenvalue weighted by Gasteiger charge is 2.24. The van der Waals surface area contributed by atoms with Gasteiger partial charge in [-0.2, -0.15) is 0 Å². The van der Waals surface area contributed by atoms with E-state index in [0.29, 0.717) is 25.1 Å².